The fourth-order valence-electron chi connectivity index (χ4n) is 1.88. The molecule has 2 heterocycles. The number of hydrogen-bond acceptors (Lipinski definition) is 5. The normalized spacial score (nSPS) is 11.0. The van der Waals surface area contributed by atoms with E-state index in [2.05, 4.69) is 16.9 Å². The van der Waals surface area contributed by atoms with Crippen molar-refractivity contribution in [3.8, 4) is 11.6 Å². The lowest BCUT2D eigenvalue weighted by Crippen LogP contribution is -1.97. The van der Waals surface area contributed by atoms with Gasteiger partial charge in [-0.3, -0.25) is 0 Å². The molecule has 7 heteroatoms. The fraction of sp³-hybridized carbons (Fsp3) is 0.143. The van der Waals surface area contributed by atoms with E-state index < -0.39 is 0 Å². The van der Waals surface area contributed by atoms with Gasteiger partial charge in [0.05, 0.1) is 10.4 Å². The fourth-order valence-corrected chi connectivity index (χ4v) is 3.18. The van der Waals surface area contributed by atoms with Crippen molar-refractivity contribution in [1.82, 2.24) is 9.97 Å². The van der Waals surface area contributed by atoms with E-state index in [1.165, 1.54) is 4.88 Å². The molecule has 0 radical (unpaired) electrons. The zero-order valence-corrected chi connectivity index (χ0v) is 13.4. The maximum atomic E-state index is 6.14. The van der Waals surface area contributed by atoms with Crippen molar-refractivity contribution in [2.24, 2.45) is 0 Å². The molecule has 1 aromatic carbocycles. The van der Waals surface area contributed by atoms with Crippen molar-refractivity contribution in [3.63, 3.8) is 0 Å². The standard InChI is InChI=1S/C14H11Cl2N3OS/c1-2-7-6-8-12(18-14(17)19-13(8)21-7)20-10-5-3-4-9(15)11(10)16/h3-6H,2H2,1H3,(H2,17,18,19). The van der Waals surface area contributed by atoms with Gasteiger partial charge in [-0.05, 0) is 24.6 Å². The number of fused-ring (bicyclic) bond motifs is 1. The number of aryl methyl sites for hydroxylation is 1. The van der Waals surface area contributed by atoms with E-state index in [4.69, 9.17) is 33.7 Å². The molecule has 3 aromatic rings. The minimum absolute atomic E-state index is 0.167. The molecule has 0 saturated carbocycles. The quantitative estimate of drug-likeness (QED) is 0.734. The average Bonchev–Trinajstić information content (AvgIpc) is 2.87. The van der Waals surface area contributed by atoms with Crippen LogP contribution in [0.4, 0.5) is 5.95 Å². The zero-order chi connectivity index (χ0) is 15.0. The van der Waals surface area contributed by atoms with Gasteiger partial charge in [-0.1, -0.05) is 36.2 Å². The van der Waals surface area contributed by atoms with Crippen molar-refractivity contribution in [2.45, 2.75) is 13.3 Å². The van der Waals surface area contributed by atoms with E-state index in [0.717, 1.165) is 16.6 Å². The van der Waals surface area contributed by atoms with Gasteiger partial charge in [0.2, 0.25) is 11.8 Å². The van der Waals surface area contributed by atoms with Crippen LogP contribution in [0, 0.1) is 0 Å². The minimum atomic E-state index is 0.167. The van der Waals surface area contributed by atoms with E-state index in [1.54, 1.807) is 29.5 Å². The summed E-state index contributed by atoms with van der Waals surface area (Å²) in [6.45, 7) is 2.08. The second kappa shape index (κ2) is 5.67. The van der Waals surface area contributed by atoms with Crippen LogP contribution >= 0.6 is 34.5 Å². The summed E-state index contributed by atoms with van der Waals surface area (Å²) in [6.07, 6.45) is 0.915. The lowest BCUT2D eigenvalue weighted by atomic mass is 10.3. The van der Waals surface area contributed by atoms with Gasteiger partial charge in [0, 0.05) is 4.88 Å². The molecule has 4 nitrogen and oxygen atoms in total. The largest absolute Gasteiger partial charge is 0.437 e. The Morgan fingerprint density at radius 3 is 2.86 bits per heavy atom. The molecule has 0 aliphatic carbocycles. The van der Waals surface area contributed by atoms with E-state index >= 15 is 0 Å². The molecule has 0 atom stereocenters. The summed E-state index contributed by atoms with van der Waals surface area (Å²) < 4.78 is 5.80. The molecule has 21 heavy (non-hydrogen) atoms. The Hall–Kier alpha value is -1.56. The molecule has 108 valence electrons. The SMILES string of the molecule is CCc1cc2c(Oc3cccc(Cl)c3Cl)nc(N)nc2s1. The molecular formula is C14H11Cl2N3OS. The summed E-state index contributed by atoms with van der Waals surface area (Å²) in [6, 6.07) is 7.19. The van der Waals surface area contributed by atoms with Crippen LogP contribution in [0.5, 0.6) is 11.6 Å². The van der Waals surface area contributed by atoms with E-state index in [-0.39, 0.29) is 5.95 Å². The molecule has 0 amide bonds. The second-order valence-corrected chi connectivity index (χ2v) is 6.23. The maximum Gasteiger partial charge on any atom is 0.232 e. The highest BCUT2D eigenvalue weighted by Gasteiger charge is 2.14. The van der Waals surface area contributed by atoms with Crippen molar-refractivity contribution in [1.29, 1.82) is 0 Å². The van der Waals surface area contributed by atoms with Gasteiger partial charge in [-0.25, -0.2) is 4.98 Å². The van der Waals surface area contributed by atoms with Crippen LogP contribution in [0.1, 0.15) is 11.8 Å². The Balaban J connectivity index is 2.11. The van der Waals surface area contributed by atoms with Gasteiger partial charge in [0.15, 0.2) is 0 Å². The first-order valence-corrected chi connectivity index (χ1v) is 7.83. The summed E-state index contributed by atoms with van der Waals surface area (Å²) in [5, 5.41) is 1.59. The summed E-state index contributed by atoms with van der Waals surface area (Å²) >= 11 is 13.7. The van der Waals surface area contributed by atoms with Crippen LogP contribution in [0.25, 0.3) is 10.2 Å². The molecule has 3 rings (SSSR count). The summed E-state index contributed by atoms with van der Waals surface area (Å²) in [5.74, 6) is 0.991. The number of aromatic nitrogens is 2. The number of hydrogen-bond donors (Lipinski definition) is 1. The van der Waals surface area contributed by atoms with Crippen molar-refractivity contribution in [2.75, 3.05) is 5.73 Å². The number of nitrogens with two attached hydrogens (primary N) is 1. The topological polar surface area (TPSA) is 61.0 Å². The first kappa shape index (κ1) is 14.4. The van der Waals surface area contributed by atoms with E-state index in [9.17, 15) is 0 Å². The third-order valence-electron chi connectivity index (χ3n) is 2.90. The van der Waals surface area contributed by atoms with Crippen LogP contribution in [0.2, 0.25) is 10.0 Å². The molecular weight excluding hydrogens is 329 g/mol. The Labute approximate surface area is 135 Å². The monoisotopic (exact) mass is 339 g/mol. The lowest BCUT2D eigenvalue weighted by molar-refractivity contribution is 0.469. The number of anilines is 1. The first-order valence-electron chi connectivity index (χ1n) is 6.26. The number of halogens is 2. The van der Waals surface area contributed by atoms with E-state index in [0.29, 0.717) is 21.7 Å². The minimum Gasteiger partial charge on any atom is -0.437 e. The van der Waals surface area contributed by atoms with Gasteiger partial charge < -0.3 is 10.5 Å². The summed E-state index contributed by atoms with van der Waals surface area (Å²) in [5.41, 5.74) is 5.74. The Morgan fingerprint density at radius 1 is 1.29 bits per heavy atom. The summed E-state index contributed by atoms with van der Waals surface area (Å²) in [7, 11) is 0. The third kappa shape index (κ3) is 2.77. The van der Waals surface area contributed by atoms with Crippen LogP contribution in [-0.2, 0) is 6.42 Å². The first-order chi connectivity index (χ1) is 10.1. The van der Waals surface area contributed by atoms with Crippen molar-refractivity contribution >= 4 is 50.7 Å². The highest BCUT2D eigenvalue weighted by molar-refractivity contribution is 7.18. The van der Waals surface area contributed by atoms with Gasteiger partial charge >= 0.3 is 0 Å². The van der Waals surface area contributed by atoms with Gasteiger partial charge in [0.1, 0.15) is 15.6 Å². The van der Waals surface area contributed by atoms with Crippen molar-refractivity contribution in [3.05, 3.63) is 39.2 Å². The highest BCUT2D eigenvalue weighted by Crippen LogP contribution is 2.38. The van der Waals surface area contributed by atoms with E-state index in [1.807, 2.05) is 6.07 Å². The highest BCUT2D eigenvalue weighted by atomic mass is 35.5. The predicted molar refractivity (Wildman–Crippen MR) is 87.7 cm³/mol. The second-order valence-electron chi connectivity index (χ2n) is 4.33. The Morgan fingerprint density at radius 2 is 2.10 bits per heavy atom. The van der Waals surface area contributed by atoms with Crippen LogP contribution in [-0.4, -0.2) is 9.97 Å². The smallest absolute Gasteiger partial charge is 0.232 e. The average molecular weight is 340 g/mol. The number of rotatable bonds is 3. The number of ether oxygens (including phenoxy) is 1. The molecule has 2 N–H and O–H groups in total. The number of nitrogen functional groups attached to an aromatic ring is 1. The van der Waals surface area contributed by atoms with Crippen LogP contribution in [0.15, 0.2) is 24.3 Å². The van der Waals surface area contributed by atoms with Crippen LogP contribution < -0.4 is 10.5 Å². The lowest BCUT2D eigenvalue weighted by Gasteiger charge is -2.08. The third-order valence-corrected chi connectivity index (χ3v) is 4.87. The van der Waals surface area contributed by atoms with Crippen LogP contribution in [0.3, 0.4) is 0 Å². The predicted octanol–water partition coefficient (Wildman–Crippen LogP) is 4.94. The molecule has 2 aromatic heterocycles. The van der Waals surface area contributed by atoms with Gasteiger partial charge in [-0.15, -0.1) is 11.3 Å². The molecule has 0 saturated heterocycles. The van der Waals surface area contributed by atoms with Crippen molar-refractivity contribution < 1.29 is 4.74 Å². The van der Waals surface area contributed by atoms with Gasteiger partial charge in [-0.2, -0.15) is 4.98 Å². The Bertz CT molecular complexity index is 819. The molecule has 0 unspecified atom stereocenters. The van der Waals surface area contributed by atoms with Gasteiger partial charge in [0.25, 0.3) is 0 Å². The Kier molecular flexibility index (Phi) is 3.89. The molecule has 0 aliphatic heterocycles. The number of benzene rings is 1. The number of nitrogens with zero attached hydrogens (tertiary/aromatic N) is 2. The molecule has 0 aliphatic rings. The maximum absolute atomic E-state index is 6.14. The molecule has 0 fully saturated rings. The molecule has 0 bridgehead atoms. The number of thiophene rings is 1. The summed E-state index contributed by atoms with van der Waals surface area (Å²) in [4.78, 5) is 10.4. The zero-order valence-electron chi connectivity index (χ0n) is 11.1. The molecule has 0 spiro atoms.